The van der Waals surface area contributed by atoms with Crippen molar-refractivity contribution in [3.8, 4) is 0 Å². The van der Waals surface area contributed by atoms with E-state index in [4.69, 9.17) is 4.98 Å². The number of aryl methyl sites for hydroxylation is 3. The number of aromatic nitrogens is 2. The summed E-state index contributed by atoms with van der Waals surface area (Å²) >= 11 is 1.73. The molecule has 1 aromatic carbocycles. The Morgan fingerprint density at radius 3 is 2.62 bits per heavy atom. The summed E-state index contributed by atoms with van der Waals surface area (Å²) in [5.74, 6) is 0.853. The van der Waals surface area contributed by atoms with Crippen molar-refractivity contribution >= 4 is 21.6 Å². The monoisotopic (exact) mass is 367 g/mol. The summed E-state index contributed by atoms with van der Waals surface area (Å²) in [6.45, 7) is 3.33. The van der Waals surface area contributed by atoms with Gasteiger partial charge >= 0.3 is 0 Å². The van der Waals surface area contributed by atoms with Gasteiger partial charge in [-0.15, -0.1) is 11.3 Å². The SMILES string of the molecule is Cc1ccc(Cn2c(CN(C)C)nc3sc4c(c3c2=O)CCCC4)cc1. The minimum absolute atomic E-state index is 0.131. The zero-order valence-corrected chi connectivity index (χ0v) is 16.5. The summed E-state index contributed by atoms with van der Waals surface area (Å²) < 4.78 is 1.88. The highest BCUT2D eigenvalue weighted by molar-refractivity contribution is 7.18. The Morgan fingerprint density at radius 2 is 1.88 bits per heavy atom. The van der Waals surface area contributed by atoms with Crippen molar-refractivity contribution in [1.82, 2.24) is 14.5 Å². The third kappa shape index (κ3) is 3.21. The number of nitrogens with zero attached hydrogens (tertiary/aromatic N) is 3. The first-order valence-electron chi connectivity index (χ1n) is 9.27. The Kier molecular flexibility index (Phi) is 4.67. The Morgan fingerprint density at radius 1 is 1.15 bits per heavy atom. The maximum absolute atomic E-state index is 13.4. The molecule has 1 aliphatic carbocycles. The predicted molar refractivity (Wildman–Crippen MR) is 108 cm³/mol. The van der Waals surface area contributed by atoms with E-state index in [0.717, 1.165) is 34.4 Å². The van der Waals surface area contributed by atoms with Gasteiger partial charge in [0.15, 0.2) is 0 Å². The van der Waals surface area contributed by atoms with Crippen LogP contribution in [-0.2, 0) is 25.9 Å². The summed E-state index contributed by atoms with van der Waals surface area (Å²) in [5, 5.41) is 0.874. The molecule has 0 spiro atoms. The minimum atomic E-state index is 0.131. The molecule has 5 heteroatoms. The van der Waals surface area contributed by atoms with Gasteiger partial charge in [0.1, 0.15) is 10.7 Å². The lowest BCUT2D eigenvalue weighted by Crippen LogP contribution is -2.29. The second kappa shape index (κ2) is 6.97. The number of rotatable bonds is 4. The highest BCUT2D eigenvalue weighted by atomic mass is 32.1. The lowest BCUT2D eigenvalue weighted by Gasteiger charge is -2.16. The first-order chi connectivity index (χ1) is 12.5. The highest BCUT2D eigenvalue weighted by Gasteiger charge is 2.22. The van der Waals surface area contributed by atoms with E-state index in [1.54, 1.807) is 11.3 Å². The lowest BCUT2D eigenvalue weighted by molar-refractivity contribution is 0.379. The fraction of sp³-hybridized carbons (Fsp3) is 0.429. The molecule has 0 amide bonds. The largest absolute Gasteiger partial charge is 0.302 e. The van der Waals surface area contributed by atoms with Gasteiger partial charge < -0.3 is 4.90 Å². The van der Waals surface area contributed by atoms with E-state index in [2.05, 4.69) is 36.1 Å². The summed E-state index contributed by atoms with van der Waals surface area (Å²) in [5.41, 5.74) is 3.77. The molecule has 1 aliphatic rings. The van der Waals surface area contributed by atoms with Crippen LogP contribution in [0.3, 0.4) is 0 Å². The molecule has 2 heterocycles. The van der Waals surface area contributed by atoms with Gasteiger partial charge in [-0.2, -0.15) is 0 Å². The van der Waals surface area contributed by atoms with Crippen molar-refractivity contribution in [3.63, 3.8) is 0 Å². The summed E-state index contributed by atoms with van der Waals surface area (Å²) in [6, 6.07) is 8.41. The van der Waals surface area contributed by atoms with Crippen molar-refractivity contribution in [3.05, 3.63) is 62.0 Å². The molecule has 2 aromatic heterocycles. The number of fused-ring (bicyclic) bond motifs is 3. The normalized spacial score (nSPS) is 14.2. The highest BCUT2D eigenvalue weighted by Crippen LogP contribution is 2.33. The molecular weight excluding hydrogens is 342 g/mol. The first kappa shape index (κ1) is 17.4. The van der Waals surface area contributed by atoms with E-state index < -0.39 is 0 Å². The maximum atomic E-state index is 13.4. The average Bonchev–Trinajstić information content (AvgIpc) is 2.98. The fourth-order valence-corrected chi connectivity index (χ4v) is 4.99. The van der Waals surface area contributed by atoms with Gasteiger partial charge in [0.05, 0.1) is 18.5 Å². The van der Waals surface area contributed by atoms with Crippen LogP contribution in [0.15, 0.2) is 29.1 Å². The number of benzene rings is 1. The van der Waals surface area contributed by atoms with Crippen LogP contribution in [0.4, 0.5) is 0 Å². The molecule has 3 aromatic rings. The van der Waals surface area contributed by atoms with Crippen molar-refractivity contribution in [2.45, 2.75) is 45.7 Å². The molecule has 0 radical (unpaired) electrons. The molecule has 0 unspecified atom stereocenters. The standard InChI is InChI=1S/C21H25N3OS/c1-14-8-10-15(11-9-14)12-24-18(13-23(2)3)22-20-19(21(24)25)16-6-4-5-7-17(16)26-20/h8-11H,4-7,12-13H2,1-3H3. The van der Waals surface area contributed by atoms with Crippen LogP contribution in [-0.4, -0.2) is 28.5 Å². The van der Waals surface area contributed by atoms with Crippen LogP contribution in [0.25, 0.3) is 10.2 Å². The molecule has 0 N–H and O–H groups in total. The van der Waals surface area contributed by atoms with Crippen LogP contribution in [0.1, 0.15) is 40.2 Å². The molecule has 0 saturated carbocycles. The average molecular weight is 368 g/mol. The molecule has 0 fully saturated rings. The molecule has 26 heavy (non-hydrogen) atoms. The minimum Gasteiger partial charge on any atom is -0.302 e. The Hall–Kier alpha value is -1.98. The van der Waals surface area contributed by atoms with E-state index in [0.29, 0.717) is 13.1 Å². The second-order valence-electron chi connectivity index (χ2n) is 7.53. The topological polar surface area (TPSA) is 38.1 Å². The summed E-state index contributed by atoms with van der Waals surface area (Å²) in [4.78, 5) is 22.8. The van der Waals surface area contributed by atoms with Crippen LogP contribution in [0.5, 0.6) is 0 Å². The van der Waals surface area contributed by atoms with Crippen molar-refractivity contribution in [2.75, 3.05) is 14.1 Å². The van der Waals surface area contributed by atoms with E-state index >= 15 is 0 Å². The summed E-state index contributed by atoms with van der Waals surface area (Å²) in [7, 11) is 4.04. The van der Waals surface area contributed by atoms with E-state index in [9.17, 15) is 4.79 Å². The zero-order chi connectivity index (χ0) is 18.3. The van der Waals surface area contributed by atoms with E-state index in [1.807, 2.05) is 18.7 Å². The number of hydrogen-bond acceptors (Lipinski definition) is 4. The molecule has 0 bridgehead atoms. The van der Waals surface area contributed by atoms with E-state index in [1.165, 1.54) is 28.8 Å². The van der Waals surface area contributed by atoms with Crippen molar-refractivity contribution in [1.29, 1.82) is 0 Å². The molecule has 136 valence electrons. The van der Waals surface area contributed by atoms with Gasteiger partial charge in [0, 0.05) is 4.88 Å². The van der Waals surface area contributed by atoms with Crippen LogP contribution < -0.4 is 5.56 Å². The maximum Gasteiger partial charge on any atom is 0.262 e. The second-order valence-corrected chi connectivity index (χ2v) is 8.62. The van der Waals surface area contributed by atoms with Gasteiger partial charge in [-0.3, -0.25) is 9.36 Å². The van der Waals surface area contributed by atoms with Gasteiger partial charge in [-0.25, -0.2) is 4.98 Å². The molecule has 4 nitrogen and oxygen atoms in total. The fourth-order valence-electron chi connectivity index (χ4n) is 3.72. The molecular formula is C21H25N3OS. The van der Waals surface area contributed by atoms with Crippen LogP contribution in [0, 0.1) is 6.92 Å². The van der Waals surface area contributed by atoms with Gasteiger partial charge in [0.25, 0.3) is 5.56 Å². The molecule has 0 aliphatic heterocycles. The lowest BCUT2D eigenvalue weighted by atomic mass is 9.97. The van der Waals surface area contributed by atoms with Crippen molar-refractivity contribution in [2.24, 2.45) is 0 Å². The third-order valence-corrected chi connectivity index (χ3v) is 6.26. The predicted octanol–water partition coefficient (Wildman–Crippen LogP) is 3.76. The van der Waals surface area contributed by atoms with Gasteiger partial charge in [-0.05, 0) is 57.8 Å². The zero-order valence-electron chi connectivity index (χ0n) is 15.7. The number of thiophene rings is 1. The van der Waals surface area contributed by atoms with Crippen molar-refractivity contribution < 1.29 is 0 Å². The Labute approximate surface area is 158 Å². The molecule has 4 rings (SSSR count). The number of hydrogen-bond donors (Lipinski definition) is 0. The molecule has 0 saturated heterocycles. The van der Waals surface area contributed by atoms with Crippen LogP contribution in [0.2, 0.25) is 0 Å². The Balaban J connectivity index is 1.88. The third-order valence-electron chi connectivity index (χ3n) is 5.07. The van der Waals surface area contributed by atoms with E-state index in [-0.39, 0.29) is 5.56 Å². The molecule has 0 atom stereocenters. The van der Waals surface area contributed by atoms with Crippen LogP contribution >= 0.6 is 11.3 Å². The Bertz CT molecular complexity index is 999. The smallest absolute Gasteiger partial charge is 0.262 e. The van der Waals surface area contributed by atoms with Gasteiger partial charge in [0.2, 0.25) is 0 Å². The van der Waals surface area contributed by atoms with Gasteiger partial charge in [-0.1, -0.05) is 29.8 Å². The quantitative estimate of drug-likeness (QED) is 0.705. The first-order valence-corrected chi connectivity index (χ1v) is 10.1. The summed E-state index contributed by atoms with van der Waals surface area (Å²) in [6.07, 6.45) is 4.51.